The minimum atomic E-state index is 0.393. The van der Waals surface area contributed by atoms with E-state index in [1.54, 1.807) is 0 Å². The first-order chi connectivity index (χ1) is 8.31. The average molecular weight is 234 g/mol. The first-order valence-corrected chi connectivity index (χ1v) is 6.54. The van der Waals surface area contributed by atoms with Crippen molar-refractivity contribution < 1.29 is 4.74 Å². The van der Waals surface area contributed by atoms with Gasteiger partial charge in [0, 0.05) is 31.0 Å². The van der Waals surface area contributed by atoms with Crippen molar-refractivity contribution in [2.24, 2.45) is 5.92 Å². The third kappa shape index (κ3) is 3.27. The van der Waals surface area contributed by atoms with Crippen LogP contribution in [0.1, 0.15) is 36.9 Å². The highest BCUT2D eigenvalue weighted by Gasteiger charge is 2.26. The Kier molecular flexibility index (Phi) is 4.51. The van der Waals surface area contributed by atoms with Gasteiger partial charge >= 0.3 is 0 Å². The lowest BCUT2D eigenvalue weighted by atomic mass is 9.92. The van der Waals surface area contributed by atoms with E-state index in [0.717, 1.165) is 32.6 Å². The Labute approximate surface area is 104 Å². The van der Waals surface area contributed by atoms with Crippen molar-refractivity contribution in [1.82, 2.24) is 10.3 Å². The predicted octanol–water partition coefficient (Wildman–Crippen LogP) is 2.47. The summed E-state index contributed by atoms with van der Waals surface area (Å²) < 4.78 is 5.51. The number of rotatable bonds is 5. The molecule has 0 aliphatic carbocycles. The lowest BCUT2D eigenvalue weighted by Crippen LogP contribution is -2.29. The first kappa shape index (κ1) is 12.5. The maximum Gasteiger partial charge on any atom is 0.0513 e. The molecule has 3 heteroatoms. The largest absolute Gasteiger partial charge is 0.381 e. The van der Waals surface area contributed by atoms with Gasteiger partial charge in [0.25, 0.3) is 0 Å². The molecule has 2 unspecified atom stereocenters. The fourth-order valence-electron chi connectivity index (χ4n) is 2.42. The molecule has 2 rings (SSSR count). The average Bonchev–Trinajstić information content (AvgIpc) is 2.83. The second kappa shape index (κ2) is 6.12. The molecule has 3 nitrogen and oxygen atoms in total. The Hall–Kier alpha value is -0.930. The Bertz CT molecular complexity index is 348. The summed E-state index contributed by atoms with van der Waals surface area (Å²) in [4.78, 5) is 4.30. The molecule has 1 aliphatic rings. The molecular weight excluding hydrogens is 212 g/mol. The van der Waals surface area contributed by atoms with Crippen LogP contribution in [0.3, 0.4) is 0 Å². The molecule has 0 bridgehead atoms. The zero-order valence-electron chi connectivity index (χ0n) is 10.8. The highest BCUT2D eigenvalue weighted by atomic mass is 16.5. The van der Waals surface area contributed by atoms with Gasteiger partial charge in [0.15, 0.2) is 0 Å². The van der Waals surface area contributed by atoms with Crippen LogP contribution in [0.15, 0.2) is 18.5 Å². The van der Waals surface area contributed by atoms with Crippen LogP contribution in [0, 0.1) is 12.8 Å². The van der Waals surface area contributed by atoms with Gasteiger partial charge in [0.2, 0.25) is 0 Å². The molecule has 94 valence electrons. The number of hydrogen-bond acceptors (Lipinski definition) is 3. The van der Waals surface area contributed by atoms with Gasteiger partial charge in [-0.3, -0.25) is 4.98 Å². The molecule has 2 heterocycles. The van der Waals surface area contributed by atoms with E-state index >= 15 is 0 Å². The summed E-state index contributed by atoms with van der Waals surface area (Å²) in [6.07, 6.45) is 6.20. The van der Waals surface area contributed by atoms with Crippen molar-refractivity contribution in [1.29, 1.82) is 0 Å². The molecule has 0 radical (unpaired) electrons. The predicted molar refractivity (Wildman–Crippen MR) is 68.9 cm³/mol. The van der Waals surface area contributed by atoms with E-state index in [4.69, 9.17) is 4.74 Å². The van der Waals surface area contributed by atoms with Gasteiger partial charge in [-0.15, -0.1) is 0 Å². The van der Waals surface area contributed by atoms with E-state index in [-0.39, 0.29) is 0 Å². The van der Waals surface area contributed by atoms with E-state index in [9.17, 15) is 0 Å². The van der Waals surface area contributed by atoms with E-state index in [1.807, 2.05) is 12.4 Å². The molecule has 17 heavy (non-hydrogen) atoms. The number of ether oxygens (including phenoxy) is 1. The lowest BCUT2D eigenvalue weighted by molar-refractivity contribution is 0.176. The quantitative estimate of drug-likeness (QED) is 0.850. The third-order valence-electron chi connectivity index (χ3n) is 3.31. The second-order valence-electron chi connectivity index (χ2n) is 4.85. The third-order valence-corrected chi connectivity index (χ3v) is 3.31. The summed E-state index contributed by atoms with van der Waals surface area (Å²) >= 11 is 0. The molecule has 1 aromatic heterocycles. The Morgan fingerprint density at radius 2 is 2.41 bits per heavy atom. The minimum absolute atomic E-state index is 0.393. The fourth-order valence-corrected chi connectivity index (χ4v) is 2.42. The van der Waals surface area contributed by atoms with Crippen LogP contribution in [-0.2, 0) is 4.74 Å². The number of aryl methyl sites for hydroxylation is 1. The van der Waals surface area contributed by atoms with Gasteiger partial charge in [-0.05, 0) is 37.4 Å². The van der Waals surface area contributed by atoms with Crippen molar-refractivity contribution in [2.45, 2.75) is 32.7 Å². The molecule has 0 spiro atoms. The molecule has 2 atom stereocenters. The molecule has 1 aromatic rings. The maximum atomic E-state index is 5.51. The molecule has 0 aromatic carbocycles. The highest BCUT2D eigenvalue weighted by molar-refractivity contribution is 5.21. The molecule has 0 amide bonds. The minimum Gasteiger partial charge on any atom is -0.381 e. The zero-order chi connectivity index (χ0) is 12.1. The van der Waals surface area contributed by atoms with E-state index in [1.165, 1.54) is 11.1 Å². The van der Waals surface area contributed by atoms with E-state index in [0.29, 0.717) is 12.0 Å². The fraction of sp³-hybridized carbons (Fsp3) is 0.643. The maximum absolute atomic E-state index is 5.51. The van der Waals surface area contributed by atoms with Crippen LogP contribution in [0.2, 0.25) is 0 Å². The van der Waals surface area contributed by atoms with Gasteiger partial charge in [-0.2, -0.15) is 0 Å². The van der Waals surface area contributed by atoms with Crippen LogP contribution in [-0.4, -0.2) is 24.7 Å². The molecule has 1 fully saturated rings. The summed E-state index contributed by atoms with van der Waals surface area (Å²) in [6.45, 7) is 7.11. The number of pyridine rings is 1. The van der Waals surface area contributed by atoms with E-state index < -0.39 is 0 Å². The molecule has 1 saturated heterocycles. The van der Waals surface area contributed by atoms with Gasteiger partial charge in [0.05, 0.1) is 6.61 Å². The van der Waals surface area contributed by atoms with Crippen molar-refractivity contribution in [3.05, 3.63) is 29.6 Å². The molecule has 0 saturated carbocycles. The highest BCUT2D eigenvalue weighted by Crippen LogP contribution is 2.28. The van der Waals surface area contributed by atoms with Crippen molar-refractivity contribution in [3.63, 3.8) is 0 Å². The first-order valence-electron chi connectivity index (χ1n) is 6.54. The van der Waals surface area contributed by atoms with Crippen molar-refractivity contribution in [3.8, 4) is 0 Å². The van der Waals surface area contributed by atoms with Crippen molar-refractivity contribution >= 4 is 0 Å². The normalized spacial score (nSPS) is 21.6. The monoisotopic (exact) mass is 234 g/mol. The topological polar surface area (TPSA) is 34.2 Å². The Morgan fingerprint density at radius 1 is 1.53 bits per heavy atom. The van der Waals surface area contributed by atoms with Gasteiger partial charge < -0.3 is 10.1 Å². The van der Waals surface area contributed by atoms with Crippen LogP contribution in [0.5, 0.6) is 0 Å². The van der Waals surface area contributed by atoms with Crippen LogP contribution in [0.4, 0.5) is 0 Å². The molecule has 1 N–H and O–H groups in total. The number of hydrogen-bond donors (Lipinski definition) is 1. The van der Waals surface area contributed by atoms with Gasteiger partial charge in [-0.25, -0.2) is 0 Å². The SMILES string of the molecule is CCCNC(c1cncc(C)c1)C1CCOC1. The van der Waals surface area contributed by atoms with Crippen LogP contribution < -0.4 is 5.32 Å². The van der Waals surface area contributed by atoms with E-state index in [2.05, 4.69) is 30.2 Å². The van der Waals surface area contributed by atoms with Crippen molar-refractivity contribution in [2.75, 3.05) is 19.8 Å². The Morgan fingerprint density at radius 3 is 3.06 bits per heavy atom. The Balaban J connectivity index is 2.13. The van der Waals surface area contributed by atoms with Crippen LogP contribution in [0.25, 0.3) is 0 Å². The molecule has 1 aliphatic heterocycles. The summed E-state index contributed by atoms with van der Waals surface area (Å²) in [5, 5.41) is 3.63. The van der Waals surface area contributed by atoms with Gasteiger partial charge in [0.1, 0.15) is 0 Å². The van der Waals surface area contributed by atoms with Gasteiger partial charge in [-0.1, -0.05) is 13.0 Å². The summed E-state index contributed by atoms with van der Waals surface area (Å²) in [6, 6.07) is 2.63. The lowest BCUT2D eigenvalue weighted by Gasteiger charge is -2.24. The standard InChI is InChI=1S/C14H22N2O/c1-3-5-16-14(12-4-6-17-10-12)13-7-11(2)8-15-9-13/h7-9,12,14,16H,3-6,10H2,1-2H3. The number of nitrogens with one attached hydrogen (secondary N) is 1. The number of aromatic nitrogens is 1. The molecular formula is C14H22N2O. The summed E-state index contributed by atoms with van der Waals surface area (Å²) in [7, 11) is 0. The second-order valence-corrected chi connectivity index (χ2v) is 4.85. The smallest absolute Gasteiger partial charge is 0.0513 e. The summed E-state index contributed by atoms with van der Waals surface area (Å²) in [5.41, 5.74) is 2.53. The van der Waals surface area contributed by atoms with Crippen LogP contribution >= 0.6 is 0 Å². The zero-order valence-corrected chi connectivity index (χ0v) is 10.8. The number of nitrogens with zero attached hydrogens (tertiary/aromatic N) is 1. The summed E-state index contributed by atoms with van der Waals surface area (Å²) in [5.74, 6) is 0.588.